The fourth-order valence-electron chi connectivity index (χ4n) is 1.61. The molecule has 7 heteroatoms. The minimum absolute atomic E-state index is 0.245. The Balaban J connectivity index is 2.52. The van der Waals surface area contributed by atoms with E-state index in [1.54, 1.807) is 24.0 Å². The van der Waals surface area contributed by atoms with Crippen LogP contribution in [0.4, 0.5) is 0 Å². The van der Waals surface area contributed by atoms with Crippen LogP contribution in [-0.4, -0.2) is 27.7 Å². The van der Waals surface area contributed by atoms with Crippen LogP contribution in [0.25, 0.3) is 5.69 Å². The van der Waals surface area contributed by atoms with Crippen LogP contribution in [0.1, 0.15) is 16.1 Å². The predicted molar refractivity (Wildman–Crippen MR) is 80.5 cm³/mol. The zero-order valence-electron chi connectivity index (χ0n) is 10.1. The number of amides is 1. The highest BCUT2D eigenvalue weighted by Gasteiger charge is 2.12. The molecule has 3 N–H and O–H groups in total. The molecule has 0 saturated heterocycles. The molecule has 5 nitrogen and oxygen atoms in total. The van der Waals surface area contributed by atoms with E-state index in [0.29, 0.717) is 11.3 Å². The summed E-state index contributed by atoms with van der Waals surface area (Å²) in [6.07, 6.45) is 1.69. The molecule has 0 spiro atoms. The van der Waals surface area contributed by atoms with Gasteiger partial charge in [0, 0.05) is 23.3 Å². The summed E-state index contributed by atoms with van der Waals surface area (Å²) in [5, 5.41) is 6.72. The van der Waals surface area contributed by atoms with Crippen molar-refractivity contribution in [2.24, 2.45) is 5.73 Å². The molecule has 0 fully saturated rings. The number of thiocarbonyl (C=S) groups is 1. The van der Waals surface area contributed by atoms with Gasteiger partial charge in [0.05, 0.1) is 5.69 Å². The summed E-state index contributed by atoms with van der Waals surface area (Å²) in [5.41, 5.74) is 7.44. The lowest BCUT2D eigenvalue weighted by atomic mass is 10.2. The number of hydrogen-bond acceptors (Lipinski definition) is 3. The maximum absolute atomic E-state index is 11.5. The zero-order valence-corrected chi connectivity index (χ0v) is 12.5. The van der Waals surface area contributed by atoms with Gasteiger partial charge in [-0.3, -0.25) is 4.79 Å². The van der Waals surface area contributed by atoms with Gasteiger partial charge >= 0.3 is 0 Å². The Morgan fingerprint density at radius 3 is 2.84 bits per heavy atom. The highest BCUT2D eigenvalue weighted by atomic mass is 79.9. The van der Waals surface area contributed by atoms with Crippen molar-refractivity contribution in [3.63, 3.8) is 0 Å². The summed E-state index contributed by atoms with van der Waals surface area (Å²) in [5.74, 6) is -0.245. The van der Waals surface area contributed by atoms with Gasteiger partial charge in [-0.05, 0) is 24.3 Å². The van der Waals surface area contributed by atoms with E-state index in [1.807, 2.05) is 18.2 Å². The Morgan fingerprint density at radius 2 is 2.21 bits per heavy atom. The number of nitrogens with zero attached hydrogens (tertiary/aromatic N) is 2. The number of hydrogen-bond donors (Lipinski definition) is 2. The van der Waals surface area contributed by atoms with E-state index in [0.717, 1.165) is 10.2 Å². The Labute approximate surface area is 123 Å². The van der Waals surface area contributed by atoms with Crippen LogP contribution >= 0.6 is 28.1 Å². The molecule has 0 unspecified atom stereocenters. The van der Waals surface area contributed by atoms with Gasteiger partial charge < -0.3 is 11.1 Å². The number of carbonyl (C=O) groups is 1. The first-order valence-electron chi connectivity index (χ1n) is 5.40. The van der Waals surface area contributed by atoms with Crippen molar-refractivity contribution in [1.82, 2.24) is 15.1 Å². The van der Waals surface area contributed by atoms with Crippen LogP contribution in [0.2, 0.25) is 0 Å². The summed E-state index contributed by atoms with van der Waals surface area (Å²) in [6, 6.07) is 7.13. The van der Waals surface area contributed by atoms with Gasteiger partial charge in [-0.25, -0.2) is 4.68 Å². The van der Waals surface area contributed by atoms with Crippen molar-refractivity contribution in [2.45, 2.75) is 0 Å². The molecule has 1 aromatic heterocycles. The largest absolute Gasteiger partial charge is 0.389 e. The smallest absolute Gasteiger partial charge is 0.271 e. The van der Waals surface area contributed by atoms with Crippen LogP contribution in [0, 0.1) is 0 Å². The molecule has 1 amide bonds. The second-order valence-corrected chi connectivity index (χ2v) is 5.11. The summed E-state index contributed by atoms with van der Waals surface area (Å²) < 4.78 is 2.45. The number of nitrogens with one attached hydrogen (secondary N) is 1. The molecule has 0 aliphatic heterocycles. The molecule has 0 bridgehead atoms. The van der Waals surface area contributed by atoms with Crippen molar-refractivity contribution < 1.29 is 4.79 Å². The van der Waals surface area contributed by atoms with Crippen LogP contribution in [0.3, 0.4) is 0 Å². The molecule has 1 heterocycles. The highest BCUT2D eigenvalue weighted by molar-refractivity contribution is 9.10. The molecule has 1 aromatic carbocycles. The van der Waals surface area contributed by atoms with Crippen LogP contribution in [-0.2, 0) is 0 Å². The van der Waals surface area contributed by atoms with Gasteiger partial charge in [0.2, 0.25) is 0 Å². The van der Waals surface area contributed by atoms with Crippen LogP contribution in [0.15, 0.2) is 34.9 Å². The number of rotatable bonds is 3. The fourth-order valence-corrected chi connectivity index (χ4v) is 2.13. The van der Waals surface area contributed by atoms with Crippen LogP contribution < -0.4 is 11.1 Å². The number of carbonyl (C=O) groups excluding carboxylic acids is 1. The molecule has 0 aliphatic rings. The minimum Gasteiger partial charge on any atom is -0.389 e. The van der Waals surface area contributed by atoms with Crippen molar-refractivity contribution in [2.75, 3.05) is 7.05 Å². The molecule has 0 radical (unpaired) electrons. The third kappa shape index (κ3) is 2.82. The van der Waals surface area contributed by atoms with Gasteiger partial charge in [-0.2, -0.15) is 5.10 Å². The average molecular weight is 339 g/mol. The Kier molecular flexibility index (Phi) is 3.96. The molecule has 19 heavy (non-hydrogen) atoms. The van der Waals surface area contributed by atoms with E-state index in [9.17, 15) is 4.79 Å². The summed E-state index contributed by atoms with van der Waals surface area (Å²) in [7, 11) is 1.56. The van der Waals surface area contributed by atoms with E-state index < -0.39 is 0 Å². The predicted octanol–water partition coefficient (Wildman–Crippen LogP) is 1.63. The molecule has 98 valence electrons. The molecule has 2 rings (SSSR count). The van der Waals surface area contributed by atoms with Crippen molar-refractivity contribution in [1.29, 1.82) is 0 Å². The van der Waals surface area contributed by atoms with E-state index in [2.05, 4.69) is 26.3 Å². The van der Waals surface area contributed by atoms with Crippen molar-refractivity contribution in [3.05, 3.63) is 46.2 Å². The molecular weight excluding hydrogens is 328 g/mol. The number of aromatic nitrogens is 2. The summed E-state index contributed by atoms with van der Waals surface area (Å²) >= 11 is 8.40. The standard InChI is InChI=1S/C12H11BrN4OS/c1-15-12(18)9-4-5-17(16-9)10-6-7(13)2-3-8(10)11(14)19/h2-6H,1H3,(H2,14,19)(H,15,18). The first kappa shape index (κ1) is 13.7. The Hall–Kier alpha value is -1.73. The number of halogens is 1. The van der Waals surface area contributed by atoms with E-state index in [4.69, 9.17) is 18.0 Å². The SMILES string of the molecule is CNC(=O)c1ccn(-c2cc(Br)ccc2C(N)=S)n1. The topological polar surface area (TPSA) is 72.9 Å². The molecule has 2 aromatic rings. The lowest BCUT2D eigenvalue weighted by molar-refractivity contribution is 0.0957. The van der Waals surface area contributed by atoms with E-state index >= 15 is 0 Å². The lowest BCUT2D eigenvalue weighted by Crippen LogP contribution is -2.19. The van der Waals surface area contributed by atoms with Gasteiger partial charge in [0.25, 0.3) is 5.91 Å². The molecule has 0 saturated carbocycles. The lowest BCUT2D eigenvalue weighted by Gasteiger charge is -2.08. The van der Waals surface area contributed by atoms with Gasteiger partial charge in [-0.15, -0.1) is 0 Å². The maximum atomic E-state index is 11.5. The quantitative estimate of drug-likeness (QED) is 0.834. The Morgan fingerprint density at radius 1 is 1.47 bits per heavy atom. The highest BCUT2D eigenvalue weighted by Crippen LogP contribution is 2.20. The molecule has 0 atom stereocenters. The normalized spacial score (nSPS) is 10.2. The number of benzene rings is 1. The average Bonchev–Trinajstić information content (AvgIpc) is 2.86. The van der Waals surface area contributed by atoms with Crippen LogP contribution in [0.5, 0.6) is 0 Å². The molecule has 0 aliphatic carbocycles. The number of nitrogens with two attached hydrogens (primary N) is 1. The Bertz CT molecular complexity index is 653. The van der Waals surface area contributed by atoms with Crippen molar-refractivity contribution >= 4 is 39.0 Å². The van der Waals surface area contributed by atoms with Crippen molar-refractivity contribution in [3.8, 4) is 5.69 Å². The zero-order chi connectivity index (χ0) is 14.0. The summed E-state index contributed by atoms with van der Waals surface area (Å²) in [4.78, 5) is 11.8. The third-order valence-corrected chi connectivity index (χ3v) is 3.23. The van der Waals surface area contributed by atoms with E-state index in [1.165, 1.54) is 0 Å². The molecular formula is C12H11BrN4OS. The van der Waals surface area contributed by atoms with Gasteiger partial charge in [-0.1, -0.05) is 28.1 Å². The second kappa shape index (κ2) is 5.50. The van der Waals surface area contributed by atoms with Gasteiger partial charge in [0.15, 0.2) is 5.69 Å². The fraction of sp³-hybridized carbons (Fsp3) is 0.0833. The monoisotopic (exact) mass is 338 g/mol. The summed E-state index contributed by atoms with van der Waals surface area (Å²) in [6.45, 7) is 0. The first-order chi connectivity index (χ1) is 9.02. The maximum Gasteiger partial charge on any atom is 0.271 e. The second-order valence-electron chi connectivity index (χ2n) is 3.75. The minimum atomic E-state index is -0.245. The first-order valence-corrected chi connectivity index (χ1v) is 6.60. The van der Waals surface area contributed by atoms with Gasteiger partial charge in [0.1, 0.15) is 4.99 Å². The third-order valence-electron chi connectivity index (χ3n) is 2.52. The van der Waals surface area contributed by atoms with E-state index in [-0.39, 0.29) is 10.9 Å².